The Morgan fingerprint density at radius 2 is 2.05 bits per heavy atom. The smallest absolute Gasteiger partial charge is 0.397 e. The first-order chi connectivity index (χ1) is 9.56. The summed E-state index contributed by atoms with van der Waals surface area (Å²) < 4.78 is 37.2. The van der Waals surface area contributed by atoms with Gasteiger partial charge in [-0.05, 0) is 6.92 Å². The molecule has 1 aromatic carbocycles. The van der Waals surface area contributed by atoms with Gasteiger partial charge in [-0.2, -0.15) is 13.2 Å². The molecule has 0 saturated heterocycles. The van der Waals surface area contributed by atoms with Crippen LogP contribution in [0.15, 0.2) is 12.1 Å². The van der Waals surface area contributed by atoms with Crippen molar-refractivity contribution in [3.05, 3.63) is 32.8 Å². The summed E-state index contributed by atoms with van der Waals surface area (Å²) in [5.41, 5.74) is 4.27. The number of alkyl halides is 3. The highest BCUT2D eigenvalue weighted by Crippen LogP contribution is 2.30. The molecular formula is C11H11ClF3N3O3. The van der Waals surface area contributed by atoms with Crippen LogP contribution in [0.4, 0.5) is 24.5 Å². The number of benzene rings is 1. The molecule has 1 aromatic rings. The molecule has 1 amide bonds. The summed E-state index contributed by atoms with van der Waals surface area (Å²) in [5.74, 6) is -1.07. The number of carbonyl (C=O) groups is 1. The monoisotopic (exact) mass is 325 g/mol. The van der Waals surface area contributed by atoms with Crippen LogP contribution >= 0.6 is 11.6 Å². The Labute approximate surface area is 122 Å². The van der Waals surface area contributed by atoms with Gasteiger partial charge in [0, 0.05) is 18.7 Å². The van der Waals surface area contributed by atoms with Crippen molar-refractivity contribution < 1.29 is 22.9 Å². The van der Waals surface area contributed by atoms with Crippen LogP contribution in [0.3, 0.4) is 0 Å². The van der Waals surface area contributed by atoms with Crippen molar-refractivity contribution in [3.63, 3.8) is 0 Å². The summed E-state index contributed by atoms with van der Waals surface area (Å²) in [4.78, 5) is 22.4. The number of nitrogen functional groups attached to an aromatic ring is 1. The number of rotatable bonds is 4. The Morgan fingerprint density at radius 1 is 1.48 bits per heavy atom. The second-order valence-corrected chi connectivity index (χ2v) is 4.49. The van der Waals surface area contributed by atoms with E-state index in [-0.39, 0.29) is 17.3 Å². The summed E-state index contributed by atoms with van der Waals surface area (Å²) in [6.07, 6.45) is -4.59. The van der Waals surface area contributed by atoms with Gasteiger partial charge in [0.05, 0.1) is 21.2 Å². The molecule has 0 unspecified atom stereocenters. The number of nitrogens with two attached hydrogens (primary N) is 1. The highest BCUT2D eigenvalue weighted by atomic mass is 35.5. The fraction of sp³-hybridized carbons (Fsp3) is 0.364. The van der Waals surface area contributed by atoms with E-state index < -0.39 is 34.8 Å². The van der Waals surface area contributed by atoms with Gasteiger partial charge in [-0.1, -0.05) is 11.6 Å². The maximum atomic E-state index is 12.4. The summed E-state index contributed by atoms with van der Waals surface area (Å²) in [7, 11) is 0. The summed E-state index contributed by atoms with van der Waals surface area (Å²) >= 11 is 5.67. The third-order valence-electron chi connectivity index (χ3n) is 2.59. The molecule has 21 heavy (non-hydrogen) atoms. The Kier molecular flexibility index (Phi) is 5.00. The van der Waals surface area contributed by atoms with E-state index in [1.807, 2.05) is 0 Å². The molecular weight excluding hydrogens is 315 g/mol. The van der Waals surface area contributed by atoms with Gasteiger partial charge in [-0.3, -0.25) is 14.9 Å². The first kappa shape index (κ1) is 17.0. The number of amides is 1. The lowest BCUT2D eigenvalue weighted by Crippen LogP contribution is -2.39. The molecule has 0 atom stereocenters. The van der Waals surface area contributed by atoms with E-state index in [4.69, 9.17) is 17.3 Å². The van der Waals surface area contributed by atoms with Gasteiger partial charge in [0.25, 0.3) is 11.6 Å². The maximum Gasteiger partial charge on any atom is 0.406 e. The molecule has 0 aliphatic carbocycles. The zero-order valence-electron chi connectivity index (χ0n) is 10.8. The number of hydrogen-bond acceptors (Lipinski definition) is 4. The molecule has 0 aromatic heterocycles. The van der Waals surface area contributed by atoms with Crippen LogP contribution in [0.5, 0.6) is 0 Å². The summed E-state index contributed by atoms with van der Waals surface area (Å²) in [6, 6.07) is 1.73. The molecule has 0 saturated carbocycles. The lowest BCUT2D eigenvalue weighted by atomic mass is 10.1. The number of halogens is 4. The molecule has 0 aliphatic heterocycles. The number of carbonyl (C=O) groups excluding carboxylic acids is 1. The normalized spacial score (nSPS) is 11.3. The van der Waals surface area contributed by atoms with E-state index in [1.165, 1.54) is 6.92 Å². The third kappa shape index (κ3) is 4.22. The van der Waals surface area contributed by atoms with E-state index in [2.05, 4.69) is 0 Å². The van der Waals surface area contributed by atoms with E-state index >= 15 is 0 Å². The van der Waals surface area contributed by atoms with Crippen LogP contribution in [0.25, 0.3) is 0 Å². The van der Waals surface area contributed by atoms with Gasteiger partial charge in [0.2, 0.25) is 0 Å². The van der Waals surface area contributed by atoms with Crippen LogP contribution in [0.2, 0.25) is 5.02 Å². The van der Waals surface area contributed by atoms with E-state index in [1.54, 1.807) is 0 Å². The van der Waals surface area contributed by atoms with Crippen molar-refractivity contribution in [2.24, 2.45) is 0 Å². The van der Waals surface area contributed by atoms with Gasteiger partial charge >= 0.3 is 6.18 Å². The van der Waals surface area contributed by atoms with Crippen molar-refractivity contribution in [1.29, 1.82) is 0 Å². The molecule has 0 fully saturated rings. The minimum absolute atomic E-state index is 0.238. The van der Waals surface area contributed by atoms with Crippen LogP contribution in [0.1, 0.15) is 17.3 Å². The standard InChI is InChI=1S/C11H11ClF3N3O3/c1-2-17(5-11(13,14)15)10(19)7-3-6(18(20)21)4-8(12)9(7)16/h3-4H,2,5,16H2,1H3. The van der Waals surface area contributed by atoms with Gasteiger partial charge in [-0.25, -0.2) is 0 Å². The van der Waals surface area contributed by atoms with Crippen LogP contribution < -0.4 is 5.73 Å². The Hall–Kier alpha value is -2.03. The molecule has 116 valence electrons. The van der Waals surface area contributed by atoms with Crippen LogP contribution in [-0.4, -0.2) is 35.0 Å². The topological polar surface area (TPSA) is 89.5 Å². The number of hydrogen-bond donors (Lipinski definition) is 1. The molecule has 10 heteroatoms. The molecule has 0 heterocycles. The number of nitro benzene ring substituents is 1. The maximum absolute atomic E-state index is 12.4. The lowest BCUT2D eigenvalue weighted by molar-refractivity contribution is -0.384. The highest BCUT2D eigenvalue weighted by molar-refractivity contribution is 6.34. The molecule has 0 radical (unpaired) electrons. The lowest BCUT2D eigenvalue weighted by Gasteiger charge is -2.23. The van der Waals surface area contributed by atoms with Gasteiger partial charge in [0.15, 0.2) is 0 Å². The van der Waals surface area contributed by atoms with Gasteiger partial charge < -0.3 is 10.6 Å². The average Bonchev–Trinajstić information content (AvgIpc) is 2.36. The Bertz CT molecular complexity index is 578. The fourth-order valence-corrected chi connectivity index (χ4v) is 1.81. The second kappa shape index (κ2) is 6.17. The van der Waals surface area contributed by atoms with Crippen LogP contribution in [0, 0.1) is 10.1 Å². The molecule has 1 rings (SSSR count). The number of anilines is 1. The van der Waals surface area contributed by atoms with Gasteiger partial charge in [-0.15, -0.1) is 0 Å². The predicted octanol–water partition coefficient (Wildman–Crippen LogP) is 2.85. The second-order valence-electron chi connectivity index (χ2n) is 4.08. The molecule has 0 aliphatic rings. The van der Waals surface area contributed by atoms with Crippen molar-refractivity contribution in [2.75, 3.05) is 18.8 Å². The zero-order chi connectivity index (χ0) is 16.4. The third-order valence-corrected chi connectivity index (χ3v) is 2.91. The first-order valence-electron chi connectivity index (χ1n) is 5.66. The van der Waals surface area contributed by atoms with Crippen LogP contribution in [-0.2, 0) is 0 Å². The largest absolute Gasteiger partial charge is 0.406 e. The minimum Gasteiger partial charge on any atom is -0.397 e. The SMILES string of the molecule is CCN(CC(F)(F)F)C(=O)c1cc([N+](=O)[O-])cc(Cl)c1N. The van der Waals surface area contributed by atoms with E-state index in [0.717, 1.165) is 12.1 Å². The zero-order valence-corrected chi connectivity index (χ0v) is 11.5. The highest BCUT2D eigenvalue weighted by Gasteiger charge is 2.33. The van der Waals surface area contributed by atoms with Gasteiger partial charge in [0.1, 0.15) is 6.54 Å². The van der Waals surface area contributed by atoms with Crippen molar-refractivity contribution >= 4 is 28.9 Å². The molecule has 6 nitrogen and oxygen atoms in total. The van der Waals surface area contributed by atoms with Crippen molar-refractivity contribution in [1.82, 2.24) is 4.90 Å². The molecule has 0 spiro atoms. The number of nitrogens with zero attached hydrogens (tertiary/aromatic N) is 2. The van der Waals surface area contributed by atoms with E-state index in [0.29, 0.717) is 4.90 Å². The van der Waals surface area contributed by atoms with E-state index in [9.17, 15) is 28.1 Å². The number of nitro groups is 1. The predicted molar refractivity (Wildman–Crippen MR) is 70.2 cm³/mol. The fourth-order valence-electron chi connectivity index (χ4n) is 1.60. The Morgan fingerprint density at radius 3 is 2.48 bits per heavy atom. The summed E-state index contributed by atoms with van der Waals surface area (Å²) in [5, 5.41) is 10.4. The quantitative estimate of drug-likeness (QED) is 0.523. The number of non-ortho nitro benzene ring substituents is 1. The van der Waals surface area contributed by atoms with Crippen molar-refractivity contribution in [3.8, 4) is 0 Å². The molecule has 2 N–H and O–H groups in total. The average molecular weight is 326 g/mol. The first-order valence-corrected chi connectivity index (χ1v) is 6.04. The molecule has 0 bridgehead atoms. The summed E-state index contributed by atoms with van der Waals surface area (Å²) in [6.45, 7) is -0.376. The minimum atomic E-state index is -4.59. The van der Waals surface area contributed by atoms with Crippen molar-refractivity contribution in [2.45, 2.75) is 13.1 Å². The Balaban J connectivity index is 3.25.